The molecule has 3 aromatic rings. The number of benzene rings is 2. The molecule has 2 aliphatic heterocycles. The Morgan fingerprint density at radius 2 is 1.89 bits per heavy atom. The van der Waals surface area contributed by atoms with Crippen LogP contribution in [0.25, 0.3) is 10.9 Å². The summed E-state index contributed by atoms with van der Waals surface area (Å²) >= 11 is 0. The van der Waals surface area contributed by atoms with Crippen LogP contribution in [0.1, 0.15) is 12.0 Å². The van der Waals surface area contributed by atoms with E-state index in [9.17, 15) is 9.59 Å². The highest BCUT2D eigenvalue weighted by atomic mass is 16.5. The van der Waals surface area contributed by atoms with E-state index in [1.54, 1.807) is 6.07 Å². The fraction of sp³-hybridized carbons (Fsp3) is 0.318. The van der Waals surface area contributed by atoms with Crippen LogP contribution >= 0.6 is 0 Å². The molecule has 0 atom stereocenters. The van der Waals surface area contributed by atoms with Gasteiger partial charge in [-0.25, -0.2) is 4.98 Å². The smallest absolute Gasteiger partial charge is 0.261 e. The van der Waals surface area contributed by atoms with E-state index in [4.69, 9.17) is 4.74 Å². The maximum absolute atomic E-state index is 12.6. The highest BCUT2D eigenvalue weighted by Crippen LogP contribution is 2.41. The van der Waals surface area contributed by atoms with Gasteiger partial charge in [-0.05, 0) is 30.2 Å². The molecule has 6 heteroatoms. The molecule has 3 heterocycles. The molecule has 6 nitrogen and oxygen atoms in total. The van der Waals surface area contributed by atoms with E-state index in [1.165, 1.54) is 16.5 Å². The standard InChI is InChI=1S/C22H21N3O3/c26-20(9-10-24-15-23-18-7-3-2-6-17(18)21(24)27)25-12-22(13-25)11-16-5-1-4-8-19(16)28-14-22/h1-8,15H,9-14H2. The van der Waals surface area contributed by atoms with Gasteiger partial charge in [-0.1, -0.05) is 30.3 Å². The van der Waals surface area contributed by atoms with Gasteiger partial charge in [-0.15, -0.1) is 0 Å². The van der Waals surface area contributed by atoms with E-state index >= 15 is 0 Å². The van der Waals surface area contributed by atoms with Crippen molar-refractivity contribution in [3.63, 3.8) is 0 Å². The average molecular weight is 375 g/mol. The lowest BCUT2D eigenvalue weighted by atomic mass is 9.74. The molecule has 1 amide bonds. The lowest BCUT2D eigenvalue weighted by Gasteiger charge is -2.52. The molecule has 142 valence electrons. The van der Waals surface area contributed by atoms with Gasteiger partial charge < -0.3 is 9.64 Å². The Hall–Kier alpha value is -3.15. The molecule has 0 bridgehead atoms. The van der Waals surface area contributed by atoms with Gasteiger partial charge >= 0.3 is 0 Å². The van der Waals surface area contributed by atoms with Crippen LogP contribution in [0.15, 0.2) is 59.7 Å². The number of aryl methyl sites for hydroxylation is 1. The van der Waals surface area contributed by atoms with Crippen molar-refractivity contribution in [3.8, 4) is 5.75 Å². The second kappa shape index (κ2) is 6.48. The summed E-state index contributed by atoms with van der Waals surface area (Å²) in [6.07, 6.45) is 2.77. The van der Waals surface area contributed by atoms with Crippen LogP contribution in [0.5, 0.6) is 5.75 Å². The number of nitrogens with zero attached hydrogens (tertiary/aromatic N) is 3. The van der Waals surface area contributed by atoms with Crippen LogP contribution in [-0.2, 0) is 17.8 Å². The zero-order valence-corrected chi connectivity index (χ0v) is 15.5. The summed E-state index contributed by atoms with van der Waals surface area (Å²) in [6.45, 7) is 2.43. The Bertz CT molecular complexity index is 1120. The SMILES string of the molecule is O=C(CCn1cnc2ccccc2c1=O)N1CC2(COc3ccccc3C2)C1. The average Bonchev–Trinajstić information content (AvgIpc) is 2.71. The van der Waals surface area contributed by atoms with Crippen molar-refractivity contribution in [1.82, 2.24) is 14.5 Å². The fourth-order valence-electron chi connectivity index (χ4n) is 4.26. The normalized spacial score (nSPS) is 17.1. The number of hydrogen-bond acceptors (Lipinski definition) is 4. The summed E-state index contributed by atoms with van der Waals surface area (Å²) in [5, 5.41) is 0.582. The second-order valence-electron chi connectivity index (χ2n) is 7.83. The van der Waals surface area contributed by atoms with Crippen LogP contribution in [-0.4, -0.2) is 40.1 Å². The molecule has 1 fully saturated rings. The predicted octanol–water partition coefficient (Wildman–Crippen LogP) is 2.25. The summed E-state index contributed by atoms with van der Waals surface area (Å²) in [5.41, 5.74) is 1.83. The van der Waals surface area contributed by atoms with Gasteiger partial charge in [-0.3, -0.25) is 14.2 Å². The van der Waals surface area contributed by atoms with Gasteiger partial charge in [0.1, 0.15) is 5.75 Å². The van der Waals surface area contributed by atoms with Crippen molar-refractivity contribution >= 4 is 16.8 Å². The van der Waals surface area contributed by atoms with Crippen molar-refractivity contribution in [2.24, 2.45) is 5.41 Å². The van der Waals surface area contributed by atoms with Crippen LogP contribution in [0.3, 0.4) is 0 Å². The van der Waals surface area contributed by atoms with Gasteiger partial charge in [0.2, 0.25) is 5.91 Å². The first kappa shape index (κ1) is 17.0. The minimum Gasteiger partial charge on any atom is -0.493 e. The third-order valence-electron chi connectivity index (χ3n) is 5.78. The highest BCUT2D eigenvalue weighted by Gasteiger charge is 2.47. The molecule has 0 aliphatic carbocycles. The van der Waals surface area contributed by atoms with Crippen molar-refractivity contribution in [2.75, 3.05) is 19.7 Å². The number of aromatic nitrogens is 2. The summed E-state index contributed by atoms with van der Waals surface area (Å²) in [6, 6.07) is 15.4. The van der Waals surface area contributed by atoms with Gasteiger partial charge in [0, 0.05) is 31.5 Å². The Morgan fingerprint density at radius 1 is 1.11 bits per heavy atom. The third-order valence-corrected chi connectivity index (χ3v) is 5.78. The monoisotopic (exact) mass is 375 g/mol. The summed E-state index contributed by atoms with van der Waals surface area (Å²) in [7, 11) is 0. The van der Waals surface area contributed by atoms with Gasteiger partial charge in [0.25, 0.3) is 5.56 Å². The molecular weight excluding hydrogens is 354 g/mol. The Kier molecular flexibility index (Phi) is 3.93. The largest absolute Gasteiger partial charge is 0.493 e. The quantitative estimate of drug-likeness (QED) is 0.704. The topological polar surface area (TPSA) is 64.4 Å². The number of carbonyl (C=O) groups is 1. The molecule has 2 aromatic carbocycles. The minimum atomic E-state index is -0.101. The molecule has 5 rings (SSSR count). The Morgan fingerprint density at radius 3 is 2.79 bits per heavy atom. The maximum Gasteiger partial charge on any atom is 0.261 e. The maximum atomic E-state index is 12.6. The molecule has 0 radical (unpaired) electrons. The number of likely N-dealkylation sites (tertiary alicyclic amines) is 1. The number of carbonyl (C=O) groups excluding carboxylic acids is 1. The lowest BCUT2D eigenvalue weighted by molar-refractivity contribution is -0.146. The number of para-hydroxylation sites is 2. The van der Waals surface area contributed by atoms with Gasteiger partial charge in [-0.2, -0.15) is 0 Å². The number of rotatable bonds is 3. The van der Waals surface area contributed by atoms with E-state index in [0.717, 1.165) is 12.2 Å². The van der Waals surface area contributed by atoms with Crippen LogP contribution in [0.2, 0.25) is 0 Å². The Labute approximate surface area is 162 Å². The molecule has 1 spiro atoms. The number of hydrogen-bond donors (Lipinski definition) is 0. The van der Waals surface area contributed by atoms with Crippen molar-refractivity contribution < 1.29 is 9.53 Å². The number of fused-ring (bicyclic) bond motifs is 2. The van der Waals surface area contributed by atoms with Gasteiger partial charge in [0.05, 0.1) is 23.8 Å². The zero-order chi connectivity index (χ0) is 19.1. The summed E-state index contributed by atoms with van der Waals surface area (Å²) in [4.78, 5) is 31.3. The molecular formula is C22H21N3O3. The Balaban J connectivity index is 1.22. The zero-order valence-electron chi connectivity index (χ0n) is 15.5. The molecule has 28 heavy (non-hydrogen) atoms. The van der Waals surface area contributed by atoms with Crippen LogP contribution < -0.4 is 10.3 Å². The van der Waals surface area contributed by atoms with Crippen LogP contribution in [0, 0.1) is 5.41 Å². The summed E-state index contributed by atoms with van der Waals surface area (Å²) < 4.78 is 7.43. The molecule has 2 aliphatic rings. The third kappa shape index (κ3) is 2.85. The van der Waals surface area contributed by atoms with E-state index in [0.29, 0.717) is 43.6 Å². The van der Waals surface area contributed by atoms with Crippen LogP contribution in [0.4, 0.5) is 0 Å². The predicted molar refractivity (Wildman–Crippen MR) is 105 cm³/mol. The lowest BCUT2D eigenvalue weighted by Crippen LogP contribution is -2.62. The highest BCUT2D eigenvalue weighted by molar-refractivity contribution is 5.78. The van der Waals surface area contributed by atoms with Gasteiger partial charge in [0.15, 0.2) is 0 Å². The molecule has 0 unspecified atom stereocenters. The molecule has 0 N–H and O–H groups in total. The first-order valence-corrected chi connectivity index (χ1v) is 9.56. The van der Waals surface area contributed by atoms with Crippen molar-refractivity contribution in [1.29, 1.82) is 0 Å². The first-order valence-electron chi connectivity index (χ1n) is 9.56. The molecule has 1 saturated heterocycles. The number of ether oxygens (including phenoxy) is 1. The fourth-order valence-corrected chi connectivity index (χ4v) is 4.26. The van der Waals surface area contributed by atoms with E-state index < -0.39 is 0 Å². The minimum absolute atomic E-state index is 0.0331. The second-order valence-corrected chi connectivity index (χ2v) is 7.83. The molecule has 0 saturated carbocycles. The van der Waals surface area contributed by atoms with Crippen molar-refractivity contribution in [3.05, 3.63) is 70.8 Å². The number of amides is 1. The van der Waals surface area contributed by atoms with E-state index in [1.807, 2.05) is 41.3 Å². The first-order chi connectivity index (χ1) is 13.6. The molecule has 1 aromatic heterocycles. The van der Waals surface area contributed by atoms with E-state index in [2.05, 4.69) is 11.1 Å². The van der Waals surface area contributed by atoms with Crippen molar-refractivity contribution in [2.45, 2.75) is 19.4 Å². The van der Waals surface area contributed by atoms with E-state index in [-0.39, 0.29) is 16.9 Å². The summed E-state index contributed by atoms with van der Waals surface area (Å²) in [5.74, 6) is 1.03.